The molecule has 0 atom stereocenters. The summed E-state index contributed by atoms with van der Waals surface area (Å²) in [6, 6.07) is 9.99. The molecule has 5 heteroatoms. The summed E-state index contributed by atoms with van der Waals surface area (Å²) >= 11 is 3.56. The van der Waals surface area contributed by atoms with E-state index >= 15 is 0 Å². The molecule has 20 heavy (non-hydrogen) atoms. The second kappa shape index (κ2) is 5.09. The second-order valence-electron chi connectivity index (χ2n) is 4.52. The van der Waals surface area contributed by atoms with Crippen LogP contribution < -0.4 is 5.73 Å². The van der Waals surface area contributed by atoms with Gasteiger partial charge in [-0.05, 0) is 36.8 Å². The molecule has 0 aliphatic rings. The number of benzene rings is 1. The van der Waals surface area contributed by atoms with Crippen molar-refractivity contribution in [2.45, 2.75) is 6.92 Å². The van der Waals surface area contributed by atoms with Crippen LogP contribution in [0.5, 0.6) is 0 Å². The zero-order chi connectivity index (χ0) is 14.1. The Bertz CT molecular complexity index is 764. The Balaban J connectivity index is 2.15. The Hall–Kier alpha value is -2.14. The molecule has 0 radical (unpaired) electrons. The van der Waals surface area contributed by atoms with Crippen LogP contribution in [0.25, 0.3) is 16.9 Å². The van der Waals surface area contributed by atoms with E-state index in [0.29, 0.717) is 5.82 Å². The van der Waals surface area contributed by atoms with Gasteiger partial charge in [-0.25, -0.2) is 9.97 Å². The third-order valence-corrected chi connectivity index (χ3v) is 4.04. The van der Waals surface area contributed by atoms with Gasteiger partial charge >= 0.3 is 0 Å². The summed E-state index contributed by atoms with van der Waals surface area (Å²) < 4.78 is 3.06. The van der Waals surface area contributed by atoms with Gasteiger partial charge in [-0.2, -0.15) is 0 Å². The van der Waals surface area contributed by atoms with Crippen molar-refractivity contribution in [3.8, 4) is 16.9 Å². The highest BCUT2D eigenvalue weighted by Crippen LogP contribution is 2.28. The number of hydrogen-bond acceptors (Lipinski definition) is 3. The van der Waals surface area contributed by atoms with E-state index in [0.717, 1.165) is 21.4 Å². The van der Waals surface area contributed by atoms with Gasteiger partial charge in [-0.15, -0.1) is 0 Å². The molecule has 3 aromatic rings. The second-order valence-corrected chi connectivity index (χ2v) is 5.37. The van der Waals surface area contributed by atoms with Crippen LogP contribution >= 0.6 is 15.9 Å². The molecule has 0 unspecified atom stereocenters. The van der Waals surface area contributed by atoms with E-state index in [4.69, 9.17) is 5.73 Å². The molecule has 0 aliphatic carbocycles. The number of anilines is 1. The first-order chi connectivity index (χ1) is 9.66. The third-order valence-electron chi connectivity index (χ3n) is 3.19. The lowest BCUT2D eigenvalue weighted by Crippen LogP contribution is -1.99. The minimum Gasteiger partial charge on any atom is -0.383 e. The first-order valence-electron chi connectivity index (χ1n) is 6.16. The molecule has 0 fully saturated rings. The van der Waals surface area contributed by atoms with E-state index in [1.165, 1.54) is 5.56 Å². The van der Waals surface area contributed by atoms with Crippen LogP contribution in [0, 0.1) is 6.92 Å². The van der Waals surface area contributed by atoms with E-state index in [1.54, 1.807) is 18.7 Å². The molecule has 1 aromatic carbocycles. The number of aryl methyl sites for hydroxylation is 1. The van der Waals surface area contributed by atoms with Crippen molar-refractivity contribution >= 4 is 21.7 Å². The summed E-state index contributed by atoms with van der Waals surface area (Å²) in [4.78, 5) is 8.36. The van der Waals surface area contributed by atoms with Crippen LogP contribution in [0.15, 0.2) is 53.5 Å². The minimum absolute atomic E-state index is 0.500. The van der Waals surface area contributed by atoms with Gasteiger partial charge in [0.1, 0.15) is 5.82 Å². The van der Waals surface area contributed by atoms with E-state index in [1.807, 2.05) is 16.7 Å². The van der Waals surface area contributed by atoms with E-state index in [-0.39, 0.29) is 0 Å². The number of nitrogens with two attached hydrogens (primary N) is 1. The maximum absolute atomic E-state index is 5.95. The molecule has 0 bridgehead atoms. The van der Waals surface area contributed by atoms with Crippen LogP contribution in [-0.2, 0) is 0 Å². The van der Waals surface area contributed by atoms with Gasteiger partial charge in [0.25, 0.3) is 0 Å². The molecular weight excluding hydrogens is 316 g/mol. The fourth-order valence-corrected chi connectivity index (χ4v) is 2.43. The number of aromatic nitrogens is 3. The number of rotatable bonds is 2. The molecule has 4 nitrogen and oxygen atoms in total. The lowest BCUT2D eigenvalue weighted by Gasteiger charge is -2.10. The van der Waals surface area contributed by atoms with Crippen LogP contribution in [0.2, 0.25) is 0 Å². The smallest absolute Gasteiger partial charge is 0.132 e. The monoisotopic (exact) mass is 328 g/mol. The predicted molar refractivity (Wildman–Crippen MR) is 83.6 cm³/mol. The van der Waals surface area contributed by atoms with E-state index in [2.05, 4.69) is 51.0 Å². The minimum atomic E-state index is 0.500. The molecule has 0 spiro atoms. The van der Waals surface area contributed by atoms with Gasteiger partial charge in [0.2, 0.25) is 0 Å². The van der Waals surface area contributed by atoms with Crippen LogP contribution in [0.1, 0.15) is 5.56 Å². The van der Waals surface area contributed by atoms with Crippen molar-refractivity contribution < 1.29 is 0 Å². The zero-order valence-corrected chi connectivity index (χ0v) is 12.5. The van der Waals surface area contributed by atoms with Crippen LogP contribution in [-0.4, -0.2) is 14.5 Å². The standard InChI is InChI=1S/C15H13BrN4/c1-10-4-5-11(7-13(10)16)20-9-18-8-14(20)12-3-2-6-19-15(12)17/h2-9H,1H3,(H2,17,19). The Kier molecular flexibility index (Phi) is 3.28. The third kappa shape index (κ3) is 2.20. The molecule has 0 aliphatic heterocycles. The SMILES string of the molecule is Cc1ccc(-n2cncc2-c2cccnc2N)cc1Br. The fraction of sp³-hybridized carbons (Fsp3) is 0.0667. The lowest BCUT2D eigenvalue weighted by atomic mass is 10.2. The topological polar surface area (TPSA) is 56.7 Å². The Morgan fingerprint density at radius 2 is 2.10 bits per heavy atom. The number of nitrogen functional groups attached to an aromatic ring is 1. The highest BCUT2D eigenvalue weighted by atomic mass is 79.9. The van der Waals surface area contributed by atoms with Crippen LogP contribution in [0.3, 0.4) is 0 Å². The van der Waals surface area contributed by atoms with Gasteiger partial charge in [0.15, 0.2) is 0 Å². The first kappa shape index (κ1) is 12.9. The number of pyridine rings is 1. The Morgan fingerprint density at radius 3 is 2.85 bits per heavy atom. The molecule has 0 saturated carbocycles. The number of nitrogens with zero attached hydrogens (tertiary/aromatic N) is 3. The average molecular weight is 329 g/mol. The Morgan fingerprint density at radius 1 is 1.25 bits per heavy atom. The van der Waals surface area contributed by atoms with Gasteiger partial charge < -0.3 is 5.73 Å². The largest absolute Gasteiger partial charge is 0.383 e. The number of hydrogen-bond donors (Lipinski definition) is 1. The summed E-state index contributed by atoms with van der Waals surface area (Å²) in [6.45, 7) is 2.06. The van der Waals surface area contributed by atoms with Gasteiger partial charge in [-0.3, -0.25) is 4.57 Å². The molecule has 2 aromatic heterocycles. The van der Waals surface area contributed by atoms with E-state index < -0.39 is 0 Å². The molecule has 0 amide bonds. The summed E-state index contributed by atoms with van der Waals surface area (Å²) in [5, 5.41) is 0. The quantitative estimate of drug-likeness (QED) is 0.782. The molecule has 100 valence electrons. The maximum Gasteiger partial charge on any atom is 0.132 e. The predicted octanol–water partition coefficient (Wildman–Crippen LogP) is 3.59. The fourth-order valence-electron chi connectivity index (χ4n) is 2.07. The van der Waals surface area contributed by atoms with Gasteiger partial charge in [0, 0.05) is 21.9 Å². The zero-order valence-electron chi connectivity index (χ0n) is 10.9. The van der Waals surface area contributed by atoms with Crippen molar-refractivity contribution in [3.63, 3.8) is 0 Å². The number of imidazole rings is 1. The average Bonchev–Trinajstić information content (AvgIpc) is 2.91. The van der Waals surface area contributed by atoms with Crippen LogP contribution in [0.4, 0.5) is 5.82 Å². The molecular formula is C15H13BrN4. The molecule has 3 rings (SSSR count). The van der Waals surface area contributed by atoms with Gasteiger partial charge in [0.05, 0.1) is 18.2 Å². The van der Waals surface area contributed by atoms with Crippen molar-refractivity contribution in [2.75, 3.05) is 5.73 Å². The molecule has 2 heterocycles. The lowest BCUT2D eigenvalue weighted by molar-refractivity contribution is 1.06. The first-order valence-corrected chi connectivity index (χ1v) is 6.96. The number of halogens is 1. The maximum atomic E-state index is 5.95. The highest BCUT2D eigenvalue weighted by Gasteiger charge is 2.10. The van der Waals surface area contributed by atoms with Crippen molar-refractivity contribution in [1.82, 2.24) is 14.5 Å². The highest BCUT2D eigenvalue weighted by molar-refractivity contribution is 9.10. The van der Waals surface area contributed by atoms with Crippen molar-refractivity contribution in [1.29, 1.82) is 0 Å². The molecule has 2 N–H and O–H groups in total. The van der Waals surface area contributed by atoms with Crippen molar-refractivity contribution in [3.05, 3.63) is 59.1 Å². The summed E-state index contributed by atoms with van der Waals surface area (Å²) in [7, 11) is 0. The summed E-state index contributed by atoms with van der Waals surface area (Å²) in [6.07, 6.45) is 5.25. The van der Waals surface area contributed by atoms with Gasteiger partial charge in [-0.1, -0.05) is 22.0 Å². The van der Waals surface area contributed by atoms with E-state index in [9.17, 15) is 0 Å². The Labute approximate surface area is 125 Å². The normalized spacial score (nSPS) is 10.7. The summed E-state index contributed by atoms with van der Waals surface area (Å²) in [5.41, 5.74) is 9.97. The summed E-state index contributed by atoms with van der Waals surface area (Å²) in [5.74, 6) is 0.500. The van der Waals surface area contributed by atoms with Crippen molar-refractivity contribution in [2.24, 2.45) is 0 Å². The molecule has 0 saturated heterocycles.